The second-order valence-electron chi connectivity index (χ2n) is 5.35. The third-order valence-corrected chi connectivity index (χ3v) is 3.80. The minimum absolute atomic E-state index is 0.270. The van der Waals surface area contributed by atoms with E-state index in [1.54, 1.807) is 0 Å². The zero-order valence-corrected chi connectivity index (χ0v) is 13.0. The van der Waals surface area contributed by atoms with Crippen molar-refractivity contribution in [2.75, 3.05) is 6.54 Å². The van der Waals surface area contributed by atoms with Crippen LogP contribution in [0.4, 0.5) is 0 Å². The highest BCUT2D eigenvalue weighted by atomic mass is 16.3. The van der Waals surface area contributed by atoms with Crippen molar-refractivity contribution in [3.63, 3.8) is 0 Å². The summed E-state index contributed by atoms with van der Waals surface area (Å²) in [7, 11) is 0. The molecule has 1 aromatic heterocycles. The summed E-state index contributed by atoms with van der Waals surface area (Å²) in [5.74, 6) is 0.266. The molecule has 1 heterocycles. The van der Waals surface area contributed by atoms with Crippen LogP contribution in [-0.4, -0.2) is 17.4 Å². The van der Waals surface area contributed by atoms with Crippen LogP contribution in [0.1, 0.15) is 34.9 Å². The minimum Gasteiger partial charge on any atom is -0.448 e. The molecule has 0 unspecified atom stereocenters. The number of amides is 1. The number of nitrogens with one attached hydrogen (secondary N) is 1. The topological polar surface area (TPSA) is 81.2 Å². The molecule has 5 heteroatoms. The van der Waals surface area contributed by atoms with Crippen LogP contribution in [0.2, 0.25) is 0 Å². The maximum atomic E-state index is 12.3. The summed E-state index contributed by atoms with van der Waals surface area (Å²) in [6.45, 7) is 2.23. The zero-order valence-electron chi connectivity index (χ0n) is 13.0. The molecule has 3 rings (SSSR count). The Labute approximate surface area is 134 Å². The number of nitrogens with zero attached hydrogens (tertiary/aromatic N) is 1. The molecule has 0 aliphatic rings. The Balaban J connectivity index is 1.81. The number of hydrogen-bond acceptors (Lipinski definition) is 4. The molecular formula is C18H19N3O2. The molecule has 0 spiro atoms. The third-order valence-electron chi connectivity index (χ3n) is 3.80. The fourth-order valence-corrected chi connectivity index (χ4v) is 2.51. The molecule has 0 saturated carbocycles. The Kier molecular flexibility index (Phi) is 4.39. The molecule has 0 saturated heterocycles. The Hall–Kier alpha value is -2.66. The number of rotatable bonds is 5. The zero-order chi connectivity index (χ0) is 16.2. The number of nitrogens with two attached hydrogens (primary N) is 1. The van der Waals surface area contributed by atoms with Crippen LogP contribution in [-0.2, 0) is 6.42 Å². The van der Waals surface area contributed by atoms with E-state index in [-0.39, 0.29) is 17.6 Å². The lowest BCUT2D eigenvalue weighted by molar-refractivity contribution is 0.0932. The summed E-state index contributed by atoms with van der Waals surface area (Å²) in [6.07, 6.45) is 2.03. The van der Waals surface area contributed by atoms with E-state index in [1.165, 1.54) is 6.26 Å². The molecule has 5 nitrogen and oxygen atoms in total. The van der Waals surface area contributed by atoms with Gasteiger partial charge in [-0.2, -0.15) is 0 Å². The quantitative estimate of drug-likeness (QED) is 0.759. The lowest BCUT2D eigenvalue weighted by Crippen LogP contribution is -2.33. The predicted molar refractivity (Wildman–Crippen MR) is 89.1 cm³/mol. The summed E-state index contributed by atoms with van der Waals surface area (Å²) in [5, 5.41) is 5.19. The van der Waals surface area contributed by atoms with Crippen molar-refractivity contribution >= 4 is 16.7 Å². The largest absolute Gasteiger partial charge is 0.448 e. The fraction of sp³-hybridized carbons (Fsp3) is 0.222. The number of benzene rings is 2. The molecule has 3 N–H and O–H groups in total. The maximum Gasteiger partial charge on any atom is 0.273 e. The van der Waals surface area contributed by atoms with E-state index < -0.39 is 0 Å². The molecule has 0 fully saturated rings. The summed E-state index contributed by atoms with van der Waals surface area (Å²) in [6, 6.07) is 13.9. The number of fused-ring (bicyclic) bond motifs is 1. The first-order valence-electron chi connectivity index (χ1n) is 7.65. The molecule has 3 aromatic rings. The van der Waals surface area contributed by atoms with Gasteiger partial charge < -0.3 is 15.5 Å². The molecular weight excluding hydrogens is 290 g/mol. The molecule has 0 radical (unpaired) electrons. The van der Waals surface area contributed by atoms with Crippen molar-refractivity contribution < 1.29 is 9.21 Å². The number of oxazole rings is 1. The van der Waals surface area contributed by atoms with Gasteiger partial charge in [-0.1, -0.05) is 43.3 Å². The average Bonchev–Trinajstić information content (AvgIpc) is 3.08. The van der Waals surface area contributed by atoms with Crippen molar-refractivity contribution in [1.82, 2.24) is 10.3 Å². The molecule has 0 aliphatic carbocycles. The van der Waals surface area contributed by atoms with Crippen molar-refractivity contribution in [1.29, 1.82) is 0 Å². The van der Waals surface area contributed by atoms with Gasteiger partial charge in [-0.05, 0) is 22.4 Å². The summed E-state index contributed by atoms with van der Waals surface area (Å²) in [5.41, 5.74) is 7.10. The van der Waals surface area contributed by atoms with Crippen molar-refractivity contribution in [3.8, 4) is 0 Å². The molecule has 1 atom stereocenters. The highest BCUT2D eigenvalue weighted by molar-refractivity contribution is 5.92. The summed E-state index contributed by atoms with van der Waals surface area (Å²) in [4.78, 5) is 16.4. The van der Waals surface area contributed by atoms with Gasteiger partial charge in [0.2, 0.25) is 0 Å². The number of aryl methyl sites for hydroxylation is 1. The lowest BCUT2D eigenvalue weighted by atomic mass is 10.0. The van der Waals surface area contributed by atoms with Gasteiger partial charge in [-0.25, -0.2) is 4.98 Å². The van der Waals surface area contributed by atoms with Crippen molar-refractivity contribution in [3.05, 3.63) is 65.9 Å². The average molecular weight is 309 g/mol. The van der Waals surface area contributed by atoms with E-state index in [2.05, 4.69) is 16.4 Å². The van der Waals surface area contributed by atoms with Crippen LogP contribution in [0, 0.1) is 0 Å². The second kappa shape index (κ2) is 6.62. The van der Waals surface area contributed by atoms with Crippen LogP contribution in [0.3, 0.4) is 0 Å². The summed E-state index contributed by atoms with van der Waals surface area (Å²) < 4.78 is 5.21. The number of carbonyl (C=O) groups is 1. The van der Waals surface area contributed by atoms with Crippen LogP contribution < -0.4 is 11.1 Å². The Morgan fingerprint density at radius 1 is 1.26 bits per heavy atom. The first-order chi connectivity index (χ1) is 11.2. The van der Waals surface area contributed by atoms with E-state index in [9.17, 15) is 4.79 Å². The van der Waals surface area contributed by atoms with Crippen molar-refractivity contribution in [2.24, 2.45) is 5.73 Å². The molecule has 23 heavy (non-hydrogen) atoms. The van der Waals surface area contributed by atoms with Crippen LogP contribution in [0.5, 0.6) is 0 Å². The van der Waals surface area contributed by atoms with E-state index >= 15 is 0 Å². The van der Waals surface area contributed by atoms with E-state index in [1.807, 2.05) is 43.3 Å². The normalized spacial score (nSPS) is 12.3. The molecule has 1 amide bonds. The third kappa shape index (κ3) is 3.24. The highest BCUT2D eigenvalue weighted by Crippen LogP contribution is 2.20. The minimum atomic E-state index is -0.281. The van der Waals surface area contributed by atoms with Gasteiger partial charge in [-0.15, -0.1) is 0 Å². The van der Waals surface area contributed by atoms with Crippen LogP contribution in [0.15, 0.2) is 53.1 Å². The van der Waals surface area contributed by atoms with Crippen LogP contribution in [0.25, 0.3) is 10.8 Å². The first kappa shape index (κ1) is 15.2. The van der Waals surface area contributed by atoms with Gasteiger partial charge in [0.15, 0.2) is 11.6 Å². The molecule has 0 bridgehead atoms. The first-order valence-corrected chi connectivity index (χ1v) is 7.65. The predicted octanol–water partition coefficient (Wildman–Crippen LogP) is 2.82. The van der Waals surface area contributed by atoms with Crippen molar-refractivity contribution in [2.45, 2.75) is 19.4 Å². The van der Waals surface area contributed by atoms with Gasteiger partial charge in [-0.3, -0.25) is 4.79 Å². The van der Waals surface area contributed by atoms with E-state index in [0.29, 0.717) is 18.9 Å². The van der Waals surface area contributed by atoms with Gasteiger partial charge in [0.25, 0.3) is 5.91 Å². The SMILES string of the molecule is CCc1nc(C(=O)N[C@@H](CN)c2ccc3ccccc3c2)co1. The molecule has 2 aromatic carbocycles. The Morgan fingerprint density at radius 2 is 2.04 bits per heavy atom. The number of hydrogen-bond donors (Lipinski definition) is 2. The number of carbonyl (C=O) groups excluding carboxylic acids is 1. The number of aromatic nitrogens is 1. The van der Waals surface area contributed by atoms with Gasteiger partial charge in [0.1, 0.15) is 6.26 Å². The Morgan fingerprint density at radius 3 is 2.74 bits per heavy atom. The highest BCUT2D eigenvalue weighted by Gasteiger charge is 2.17. The van der Waals surface area contributed by atoms with Gasteiger partial charge in [0, 0.05) is 13.0 Å². The monoisotopic (exact) mass is 309 g/mol. The fourth-order valence-electron chi connectivity index (χ4n) is 2.51. The molecule has 118 valence electrons. The van der Waals surface area contributed by atoms with Gasteiger partial charge in [0.05, 0.1) is 6.04 Å². The standard InChI is InChI=1S/C18H19N3O2/c1-2-17-20-16(11-23-17)18(22)21-15(10-19)14-8-7-12-5-3-4-6-13(12)9-14/h3-9,11,15H,2,10,19H2,1H3,(H,21,22)/t15-/m0/s1. The van der Waals surface area contributed by atoms with E-state index in [0.717, 1.165) is 16.3 Å². The lowest BCUT2D eigenvalue weighted by Gasteiger charge is -2.17. The van der Waals surface area contributed by atoms with Gasteiger partial charge >= 0.3 is 0 Å². The molecule has 0 aliphatic heterocycles. The summed E-state index contributed by atoms with van der Waals surface area (Å²) >= 11 is 0. The maximum absolute atomic E-state index is 12.3. The second-order valence-corrected chi connectivity index (χ2v) is 5.35. The van der Waals surface area contributed by atoms with Crippen LogP contribution >= 0.6 is 0 Å². The van der Waals surface area contributed by atoms with E-state index in [4.69, 9.17) is 10.2 Å². The Bertz CT molecular complexity index is 826. The smallest absolute Gasteiger partial charge is 0.273 e.